The maximum Gasteiger partial charge on any atom is 0.335 e. The molecule has 0 aliphatic carbocycles. The molecule has 0 radical (unpaired) electrons. The molecule has 1 aliphatic heterocycles. The summed E-state index contributed by atoms with van der Waals surface area (Å²) in [5, 5.41) is 11.7. The third-order valence-electron chi connectivity index (χ3n) is 5.07. The van der Waals surface area contributed by atoms with E-state index in [2.05, 4.69) is 5.32 Å². The molecule has 0 spiro atoms. The first-order valence-electron chi connectivity index (χ1n) is 10.2. The highest BCUT2D eigenvalue weighted by atomic mass is 35.5. The first-order chi connectivity index (χ1) is 16.8. The van der Waals surface area contributed by atoms with Crippen LogP contribution in [0.4, 0.5) is 14.9 Å². The zero-order valence-corrected chi connectivity index (χ0v) is 19.0. The van der Waals surface area contributed by atoms with Crippen molar-refractivity contribution in [3.8, 4) is 17.2 Å². The summed E-state index contributed by atoms with van der Waals surface area (Å²) in [6, 6.07) is 13.2. The first kappa shape index (κ1) is 23.8. The summed E-state index contributed by atoms with van der Waals surface area (Å²) in [6.07, 6.45) is 1.27. The lowest BCUT2D eigenvalue weighted by Crippen LogP contribution is -2.54. The van der Waals surface area contributed by atoms with E-state index in [1.807, 2.05) is 0 Å². The molecule has 10 heteroatoms. The lowest BCUT2D eigenvalue weighted by molar-refractivity contribution is -0.122. The second-order valence-corrected chi connectivity index (χ2v) is 7.83. The number of halogens is 2. The number of imide groups is 2. The van der Waals surface area contributed by atoms with E-state index in [4.69, 9.17) is 21.1 Å². The molecule has 4 amide bonds. The van der Waals surface area contributed by atoms with E-state index < -0.39 is 17.8 Å². The van der Waals surface area contributed by atoms with E-state index in [9.17, 15) is 23.9 Å². The number of benzene rings is 3. The largest absolute Gasteiger partial charge is 0.508 e. The summed E-state index contributed by atoms with van der Waals surface area (Å²) >= 11 is 6.39. The van der Waals surface area contributed by atoms with Crippen LogP contribution < -0.4 is 19.7 Å². The van der Waals surface area contributed by atoms with Gasteiger partial charge in [-0.1, -0.05) is 23.7 Å². The average molecular weight is 497 g/mol. The number of barbiturate groups is 1. The van der Waals surface area contributed by atoms with Gasteiger partial charge in [0.05, 0.1) is 17.8 Å². The van der Waals surface area contributed by atoms with Crippen molar-refractivity contribution >= 4 is 41.2 Å². The molecule has 1 saturated heterocycles. The summed E-state index contributed by atoms with van der Waals surface area (Å²) in [7, 11) is 1.40. The number of methoxy groups -OCH3 is 1. The van der Waals surface area contributed by atoms with Crippen molar-refractivity contribution in [2.24, 2.45) is 0 Å². The number of hydrogen-bond acceptors (Lipinski definition) is 6. The van der Waals surface area contributed by atoms with Crippen LogP contribution in [0, 0.1) is 5.82 Å². The van der Waals surface area contributed by atoms with Gasteiger partial charge in [0.1, 0.15) is 23.7 Å². The van der Waals surface area contributed by atoms with Crippen LogP contribution in [-0.4, -0.2) is 30.1 Å². The summed E-state index contributed by atoms with van der Waals surface area (Å²) < 4.78 is 24.2. The zero-order chi connectivity index (χ0) is 25.1. The maximum atomic E-state index is 13.1. The quantitative estimate of drug-likeness (QED) is 0.386. The van der Waals surface area contributed by atoms with Gasteiger partial charge in [-0.15, -0.1) is 0 Å². The molecule has 2 N–H and O–H groups in total. The van der Waals surface area contributed by atoms with Crippen LogP contribution in [-0.2, 0) is 16.2 Å². The van der Waals surface area contributed by atoms with Crippen molar-refractivity contribution in [3.05, 3.63) is 88.2 Å². The standard InChI is InChI=1S/C25H18ClFN2O6/c1-34-21-12-15(11-20(26)22(21)35-13-14-2-4-16(27)5-3-14)10-19-23(31)28-25(33)29(24(19)32)17-6-8-18(30)9-7-17/h2-12,30H,13H2,1H3,(H,28,31,33)/b19-10+. The molecule has 8 nitrogen and oxygen atoms in total. The van der Waals surface area contributed by atoms with Crippen LogP contribution in [0.15, 0.2) is 66.2 Å². The van der Waals surface area contributed by atoms with Gasteiger partial charge in [-0.05, 0) is 65.7 Å². The average Bonchev–Trinajstić information content (AvgIpc) is 2.83. The number of nitrogens with one attached hydrogen (secondary N) is 1. The minimum Gasteiger partial charge on any atom is -0.508 e. The number of nitrogens with zero attached hydrogens (tertiary/aromatic N) is 1. The Balaban J connectivity index is 1.63. The van der Waals surface area contributed by atoms with Gasteiger partial charge in [-0.2, -0.15) is 0 Å². The number of amides is 4. The lowest BCUT2D eigenvalue weighted by atomic mass is 10.1. The highest BCUT2D eigenvalue weighted by Gasteiger charge is 2.36. The Morgan fingerprint density at radius 3 is 2.40 bits per heavy atom. The third-order valence-corrected chi connectivity index (χ3v) is 5.35. The van der Waals surface area contributed by atoms with E-state index in [1.54, 1.807) is 12.1 Å². The van der Waals surface area contributed by atoms with Gasteiger partial charge in [0.15, 0.2) is 11.5 Å². The van der Waals surface area contributed by atoms with E-state index in [0.717, 1.165) is 4.90 Å². The number of carbonyl (C=O) groups excluding carboxylic acids is 3. The van der Waals surface area contributed by atoms with Gasteiger partial charge in [0.25, 0.3) is 11.8 Å². The lowest BCUT2D eigenvalue weighted by Gasteiger charge is -2.26. The minimum atomic E-state index is -0.914. The topological polar surface area (TPSA) is 105 Å². The molecule has 0 aromatic heterocycles. The Labute approximate surface area is 204 Å². The van der Waals surface area contributed by atoms with Gasteiger partial charge in [0.2, 0.25) is 0 Å². The maximum absolute atomic E-state index is 13.1. The van der Waals surface area contributed by atoms with Crippen molar-refractivity contribution < 1.29 is 33.4 Å². The smallest absolute Gasteiger partial charge is 0.335 e. The van der Waals surface area contributed by atoms with Crippen molar-refractivity contribution in [3.63, 3.8) is 0 Å². The van der Waals surface area contributed by atoms with Crippen LogP contribution >= 0.6 is 11.6 Å². The minimum absolute atomic E-state index is 0.0473. The fourth-order valence-corrected chi connectivity index (χ4v) is 3.63. The Hall–Kier alpha value is -4.37. The van der Waals surface area contributed by atoms with Crippen molar-refractivity contribution in [1.82, 2.24) is 5.32 Å². The second kappa shape index (κ2) is 9.86. The number of rotatable bonds is 6. The number of urea groups is 1. The van der Waals surface area contributed by atoms with Crippen molar-refractivity contribution in [2.45, 2.75) is 6.61 Å². The number of aromatic hydroxyl groups is 1. The van der Waals surface area contributed by atoms with Crippen LogP contribution in [0.3, 0.4) is 0 Å². The van der Waals surface area contributed by atoms with Gasteiger partial charge in [-0.25, -0.2) is 14.1 Å². The molecule has 0 saturated carbocycles. The van der Waals surface area contributed by atoms with Gasteiger partial charge >= 0.3 is 6.03 Å². The Morgan fingerprint density at radius 2 is 1.74 bits per heavy atom. The Bertz CT molecular complexity index is 1340. The molecule has 35 heavy (non-hydrogen) atoms. The number of hydrogen-bond donors (Lipinski definition) is 2. The summed E-state index contributed by atoms with van der Waals surface area (Å²) in [6.45, 7) is 0.0986. The molecule has 0 unspecified atom stereocenters. The molecule has 1 heterocycles. The highest BCUT2D eigenvalue weighted by Crippen LogP contribution is 2.38. The van der Waals surface area contributed by atoms with Gasteiger partial charge in [0, 0.05) is 0 Å². The van der Waals surface area contributed by atoms with E-state index in [1.165, 1.54) is 61.7 Å². The normalized spacial score (nSPS) is 14.8. The molecule has 3 aromatic carbocycles. The molecule has 1 fully saturated rings. The Morgan fingerprint density at radius 1 is 1.06 bits per heavy atom. The summed E-state index contributed by atoms with van der Waals surface area (Å²) in [4.78, 5) is 38.6. The molecule has 3 aromatic rings. The SMILES string of the molecule is COc1cc(/C=C2\C(=O)NC(=O)N(c3ccc(O)cc3)C2=O)cc(Cl)c1OCc1ccc(F)cc1. The van der Waals surface area contributed by atoms with Crippen molar-refractivity contribution in [1.29, 1.82) is 0 Å². The monoisotopic (exact) mass is 496 g/mol. The molecule has 0 atom stereocenters. The van der Waals surface area contributed by atoms with Crippen molar-refractivity contribution in [2.75, 3.05) is 12.0 Å². The molecule has 4 rings (SSSR count). The van der Waals surface area contributed by atoms with Crippen LogP contribution in [0.5, 0.6) is 17.2 Å². The molecule has 178 valence electrons. The predicted molar refractivity (Wildman–Crippen MR) is 126 cm³/mol. The fourth-order valence-electron chi connectivity index (χ4n) is 3.36. The fraction of sp³-hybridized carbons (Fsp3) is 0.0800. The number of carbonyl (C=O) groups is 3. The predicted octanol–water partition coefficient (Wildman–Crippen LogP) is 4.44. The van der Waals surface area contributed by atoms with Gasteiger partial charge < -0.3 is 14.6 Å². The van der Waals surface area contributed by atoms with Crippen LogP contribution in [0.2, 0.25) is 5.02 Å². The molecule has 0 bridgehead atoms. The third kappa shape index (κ3) is 5.10. The molecule has 1 aliphatic rings. The van der Waals surface area contributed by atoms with Gasteiger partial charge in [-0.3, -0.25) is 14.9 Å². The summed E-state index contributed by atoms with van der Waals surface area (Å²) in [5.74, 6) is -1.68. The zero-order valence-electron chi connectivity index (χ0n) is 18.2. The number of ether oxygens (including phenoxy) is 2. The highest BCUT2D eigenvalue weighted by molar-refractivity contribution is 6.39. The van der Waals surface area contributed by atoms with Crippen LogP contribution in [0.25, 0.3) is 6.08 Å². The summed E-state index contributed by atoms with van der Waals surface area (Å²) in [5.41, 5.74) is 0.915. The second-order valence-electron chi connectivity index (χ2n) is 7.42. The number of anilines is 1. The molecular weight excluding hydrogens is 479 g/mol. The number of phenolic OH excluding ortho intramolecular Hbond substituents is 1. The van der Waals surface area contributed by atoms with E-state index >= 15 is 0 Å². The van der Waals surface area contributed by atoms with Crippen LogP contribution in [0.1, 0.15) is 11.1 Å². The Kier molecular flexibility index (Phi) is 6.70. The number of phenols is 1. The molecular formula is C25H18ClFN2O6. The van der Waals surface area contributed by atoms with E-state index in [0.29, 0.717) is 11.1 Å². The van der Waals surface area contributed by atoms with E-state index in [-0.39, 0.29) is 46.0 Å². The first-order valence-corrected chi connectivity index (χ1v) is 10.6.